The molecule has 1 amide bonds. The maximum Gasteiger partial charge on any atom is 0.286 e. The van der Waals surface area contributed by atoms with Gasteiger partial charge < -0.3 is 14.4 Å². The summed E-state index contributed by atoms with van der Waals surface area (Å²) in [5, 5.41) is 0.752. The Hall–Kier alpha value is -1.31. The molecule has 2 aliphatic rings. The maximum absolute atomic E-state index is 12.3. The van der Waals surface area contributed by atoms with E-state index in [0.29, 0.717) is 4.91 Å². The third kappa shape index (κ3) is 3.84. The molecule has 1 fully saturated rings. The van der Waals surface area contributed by atoms with Gasteiger partial charge in [0.15, 0.2) is 5.17 Å². The molecule has 2 atom stereocenters. The highest BCUT2D eigenvalue weighted by molar-refractivity contribution is 9.10. The number of nitrogens with zero attached hydrogens (tertiary/aromatic N) is 2. The normalized spacial score (nSPS) is 26.0. The lowest BCUT2D eigenvalue weighted by Gasteiger charge is -2.35. The summed E-state index contributed by atoms with van der Waals surface area (Å²) in [7, 11) is 1.62. The van der Waals surface area contributed by atoms with E-state index in [9.17, 15) is 4.79 Å². The molecule has 2 unspecified atom stereocenters. The average molecular weight is 411 g/mol. The van der Waals surface area contributed by atoms with Crippen LogP contribution in [0.2, 0.25) is 0 Å². The summed E-state index contributed by atoms with van der Waals surface area (Å²) in [4.78, 5) is 19.2. The van der Waals surface area contributed by atoms with Crippen molar-refractivity contribution in [3.63, 3.8) is 0 Å². The third-order valence-corrected chi connectivity index (χ3v) is 5.32. The zero-order valence-electron chi connectivity index (χ0n) is 13.8. The summed E-state index contributed by atoms with van der Waals surface area (Å²) in [6.45, 7) is 5.56. The molecule has 24 heavy (non-hydrogen) atoms. The number of carbonyl (C=O) groups excluding carboxylic acids is 1. The van der Waals surface area contributed by atoms with Crippen LogP contribution in [0.4, 0.5) is 0 Å². The van der Waals surface area contributed by atoms with Gasteiger partial charge in [-0.15, -0.1) is 0 Å². The van der Waals surface area contributed by atoms with Crippen LogP contribution in [0, 0.1) is 0 Å². The van der Waals surface area contributed by atoms with Crippen molar-refractivity contribution in [1.29, 1.82) is 0 Å². The first-order chi connectivity index (χ1) is 11.5. The Morgan fingerprint density at radius 1 is 1.38 bits per heavy atom. The van der Waals surface area contributed by atoms with Crippen LogP contribution in [0.15, 0.2) is 32.6 Å². The van der Waals surface area contributed by atoms with Crippen LogP contribution >= 0.6 is 27.7 Å². The molecule has 5 nitrogen and oxygen atoms in total. The van der Waals surface area contributed by atoms with E-state index in [1.165, 1.54) is 11.8 Å². The lowest BCUT2D eigenvalue weighted by Crippen LogP contribution is -2.47. The van der Waals surface area contributed by atoms with Crippen LogP contribution in [0.1, 0.15) is 19.4 Å². The number of benzene rings is 1. The van der Waals surface area contributed by atoms with E-state index in [0.717, 1.165) is 34.0 Å². The molecule has 2 aliphatic heterocycles. The van der Waals surface area contributed by atoms with E-state index < -0.39 is 0 Å². The number of morpholine rings is 1. The number of ether oxygens (including phenoxy) is 2. The van der Waals surface area contributed by atoms with E-state index in [4.69, 9.17) is 9.47 Å². The molecular weight excluding hydrogens is 392 g/mol. The molecular formula is C17H19BrN2O3S. The summed E-state index contributed by atoms with van der Waals surface area (Å²) in [5.74, 6) is 0.519. The molecule has 0 spiro atoms. The lowest BCUT2D eigenvalue weighted by molar-refractivity contribution is -0.113. The number of rotatable bonds is 2. The molecule has 0 radical (unpaired) electrons. The monoisotopic (exact) mass is 410 g/mol. The smallest absolute Gasteiger partial charge is 0.286 e. The molecule has 7 heteroatoms. The van der Waals surface area contributed by atoms with Gasteiger partial charge in [-0.2, -0.15) is 4.99 Å². The molecule has 0 aromatic heterocycles. The first-order valence-electron chi connectivity index (χ1n) is 7.72. The van der Waals surface area contributed by atoms with Gasteiger partial charge in [0.1, 0.15) is 5.75 Å². The van der Waals surface area contributed by atoms with Gasteiger partial charge >= 0.3 is 0 Å². The molecule has 1 saturated heterocycles. The second kappa shape index (κ2) is 7.29. The van der Waals surface area contributed by atoms with E-state index in [2.05, 4.69) is 25.8 Å². The lowest BCUT2D eigenvalue weighted by atomic mass is 10.2. The predicted molar refractivity (Wildman–Crippen MR) is 100 cm³/mol. The van der Waals surface area contributed by atoms with E-state index >= 15 is 0 Å². The minimum atomic E-state index is -0.205. The number of hydrogen-bond acceptors (Lipinski definition) is 5. The van der Waals surface area contributed by atoms with Gasteiger partial charge in [0.25, 0.3) is 5.91 Å². The molecule has 1 aromatic rings. The summed E-state index contributed by atoms with van der Waals surface area (Å²) in [6, 6.07) is 5.70. The Bertz CT molecular complexity index is 710. The Balaban J connectivity index is 1.81. The minimum absolute atomic E-state index is 0.130. The maximum atomic E-state index is 12.3. The second-order valence-corrected chi connectivity index (χ2v) is 7.78. The van der Waals surface area contributed by atoms with Gasteiger partial charge in [-0.1, -0.05) is 15.9 Å². The number of hydrogen-bond donors (Lipinski definition) is 0. The number of aliphatic imine (C=N–C) groups is 1. The highest BCUT2D eigenvalue weighted by atomic mass is 79.9. The Kier molecular flexibility index (Phi) is 5.32. The van der Waals surface area contributed by atoms with Gasteiger partial charge in [0.05, 0.1) is 24.2 Å². The number of carbonyl (C=O) groups is 1. The highest BCUT2D eigenvalue weighted by Crippen LogP contribution is 2.34. The first-order valence-corrected chi connectivity index (χ1v) is 9.33. The zero-order valence-corrected chi connectivity index (χ0v) is 16.2. The molecule has 2 heterocycles. The van der Waals surface area contributed by atoms with Gasteiger partial charge in [-0.05, 0) is 49.9 Å². The molecule has 128 valence electrons. The molecule has 0 bridgehead atoms. The fourth-order valence-corrected chi connectivity index (χ4v) is 4.13. The third-order valence-electron chi connectivity index (χ3n) is 3.78. The molecule has 3 rings (SSSR count). The Labute approximate surface area is 154 Å². The van der Waals surface area contributed by atoms with Crippen molar-refractivity contribution in [2.45, 2.75) is 26.1 Å². The van der Waals surface area contributed by atoms with E-state index in [1.807, 2.05) is 38.1 Å². The van der Waals surface area contributed by atoms with Crippen LogP contribution in [0.3, 0.4) is 0 Å². The van der Waals surface area contributed by atoms with E-state index in [-0.39, 0.29) is 18.1 Å². The quantitative estimate of drug-likeness (QED) is 0.697. The Morgan fingerprint density at radius 2 is 2.08 bits per heavy atom. The number of halogens is 1. The van der Waals surface area contributed by atoms with Gasteiger partial charge in [-0.3, -0.25) is 4.79 Å². The van der Waals surface area contributed by atoms with Crippen molar-refractivity contribution in [3.8, 4) is 5.75 Å². The van der Waals surface area contributed by atoms with E-state index in [1.54, 1.807) is 7.11 Å². The zero-order chi connectivity index (χ0) is 17.3. The number of amidine groups is 1. The van der Waals surface area contributed by atoms with Crippen molar-refractivity contribution in [2.24, 2.45) is 4.99 Å². The first kappa shape index (κ1) is 17.5. The molecule has 0 N–H and O–H groups in total. The van der Waals surface area contributed by atoms with Crippen LogP contribution in [-0.4, -0.2) is 48.4 Å². The standard InChI is InChI=1S/C17H19BrN2O3S/c1-10-8-20(9-11(2)23-10)17-19-16(21)15(24-17)7-12-6-13(18)4-5-14(12)22-3/h4-7,10-11H,8-9H2,1-3H3/b15-7-. The molecule has 0 saturated carbocycles. The van der Waals surface area contributed by atoms with Crippen LogP contribution < -0.4 is 4.74 Å². The van der Waals surface area contributed by atoms with Crippen molar-refractivity contribution in [1.82, 2.24) is 4.90 Å². The SMILES string of the molecule is COc1ccc(Br)cc1/C=C1\SC(N2CC(C)OC(C)C2)=NC1=O. The summed E-state index contributed by atoms with van der Waals surface area (Å²) < 4.78 is 12.0. The second-order valence-electron chi connectivity index (χ2n) is 5.86. The summed E-state index contributed by atoms with van der Waals surface area (Å²) in [6.07, 6.45) is 2.09. The number of methoxy groups -OCH3 is 1. The molecule has 1 aromatic carbocycles. The van der Waals surface area contributed by atoms with Crippen LogP contribution in [-0.2, 0) is 9.53 Å². The van der Waals surface area contributed by atoms with Gasteiger partial charge in [0.2, 0.25) is 0 Å². The average Bonchev–Trinajstić information content (AvgIpc) is 2.88. The largest absolute Gasteiger partial charge is 0.496 e. The summed E-state index contributed by atoms with van der Waals surface area (Å²) >= 11 is 4.86. The van der Waals surface area contributed by atoms with Crippen LogP contribution in [0.5, 0.6) is 5.75 Å². The predicted octanol–water partition coefficient (Wildman–Crippen LogP) is 3.54. The minimum Gasteiger partial charge on any atom is -0.496 e. The fraction of sp³-hybridized carbons (Fsp3) is 0.412. The highest BCUT2D eigenvalue weighted by Gasteiger charge is 2.31. The number of thioether (sulfide) groups is 1. The Morgan fingerprint density at radius 3 is 2.75 bits per heavy atom. The van der Waals surface area contributed by atoms with Crippen molar-refractivity contribution in [2.75, 3.05) is 20.2 Å². The fourth-order valence-electron chi connectivity index (χ4n) is 2.83. The summed E-state index contributed by atoms with van der Waals surface area (Å²) in [5.41, 5.74) is 0.850. The van der Waals surface area contributed by atoms with Gasteiger partial charge in [-0.25, -0.2) is 0 Å². The van der Waals surface area contributed by atoms with Crippen molar-refractivity contribution < 1.29 is 14.3 Å². The topological polar surface area (TPSA) is 51.1 Å². The number of amides is 1. The van der Waals surface area contributed by atoms with Crippen molar-refractivity contribution >= 4 is 44.8 Å². The molecule has 0 aliphatic carbocycles. The van der Waals surface area contributed by atoms with Crippen LogP contribution in [0.25, 0.3) is 6.08 Å². The van der Waals surface area contributed by atoms with Gasteiger partial charge in [0, 0.05) is 23.1 Å². The van der Waals surface area contributed by atoms with Crippen molar-refractivity contribution in [3.05, 3.63) is 33.1 Å².